The lowest BCUT2D eigenvalue weighted by Gasteiger charge is -2.08. The van der Waals surface area contributed by atoms with Crippen molar-refractivity contribution in [3.8, 4) is 0 Å². The number of rotatable bonds is 7. The molecule has 0 spiro atoms. The van der Waals surface area contributed by atoms with Gasteiger partial charge >= 0.3 is 0 Å². The van der Waals surface area contributed by atoms with E-state index < -0.39 is 10.0 Å². The van der Waals surface area contributed by atoms with Crippen LogP contribution in [0.1, 0.15) is 11.5 Å². The van der Waals surface area contributed by atoms with Gasteiger partial charge in [-0.05, 0) is 48.5 Å². The summed E-state index contributed by atoms with van der Waals surface area (Å²) in [7, 11) is -3.69. The normalized spacial score (nSPS) is 11.6. The highest BCUT2D eigenvalue weighted by Gasteiger charge is 2.15. The maximum Gasteiger partial charge on any atom is 0.240 e. The molecule has 1 amide bonds. The van der Waals surface area contributed by atoms with E-state index in [-0.39, 0.29) is 23.8 Å². The number of nitrogens with zero attached hydrogens (tertiary/aromatic N) is 1. The highest BCUT2D eigenvalue weighted by Crippen LogP contribution is 2.19. The summed E-state index contributed by atoms with van der Waals surface area (Å²) in [6.45, 7) is 0.0550. The van der Waals surface area contributed by atoms with Gasteiger partial charge in [0.05, 0.1) is 24.1 Å². The molecule has 148 valence electrons. The summed E-state index contributed by atoms with van der Waals surface area (Å²) >= 11 is 0. The molecule has 0 saturated heterocycles. The molecule has 29 heavy (non-hydrogen) atoms. The Labute approximate surface area is 166 Å². The van der Waals surface area contributed by atoms with Gasteiger partial charge < -0.3 is 14.3 Å². The quantitative estimate of drug-likeness (QED) is 0.483. The smallest absolute Gasteiger partial charge is 0.240 e. The van der Waals surface area contributed by atoms with E-state index in [4.69, 9.17) is 8.94 Å². The third-order valence-corrected chi connectivity index (χ3v) is 5.66. The molecule has 4 aromatic rings. The Morgan fingerprint density at radius 3 is 2.55 bits per heavy atom. The molecule has 0 radical (unpaired) electrons. The van der Waals surface area contributed by atoms with Crippen LogP contribution in [0.25, 0.3) is 11.0 Å². The maximum atomic E-state index is 12.3. The summed E-state index contributed by atoms with van der Waals surface area (Å²) in [6, 6.07) is 16.6. The van der Waals surface area contributed by atoms with Crippen LogP contribution >= 0.6 is 0 Å². The average Bonchev–Trinajstić information content (AvgIpc) is 3.37. The van der Waals surface area contributed by atoms with Crippen LogP contribution < -0.4 is 10.0 Å². The van der Waals surface area contributed by atoms with Crippen LogP contribution in [0.2, 0.25) is 0 Å². The Morgan fingerprint density at radius 1 is 1.00 bits per heavy atom. The van der Waals surface area contributed by atoms with Crippen LogP contribution in [0.3, 0.4) is 0 Å². The van der Waals surface area contributed by atoms with Crippen LogP contribution in [0.15, 0.2) is 80.8 Å². The molecule has 0 unspecified atom stereocenters. The minimum atomic E-state index is -3.69. The number of hydrogen-bond donors (Lipinski definition) is 2. The van der Waals surface area contributed by atoms with Crippen LogP contribution in [-0.2, 0) is 27.8 Å². The van der Waals surface area contributed by atoms with Gasteiger partial charge in [0.15, 0.2) is 5.58 Å². The van der Waals surface area contributed by atoms with Crippen molar-refractivity contribution in [3.63, 3.8) is 0 Å². The third-order valence-electron chi connectivity index (χ3n) is 4.25. The van der Waals surface area contributed by atoms with Crippen molar-refractivity contribution in [3.05, 3.63) is 78.4 Å². The van der Waals surface area contributed by atoms with Crippen LogP contribution in [0, 0.1) is 0 Å². The lowest BCUT2D eigenvalue weighted by molar-refractivity contribution is -0.115. The maximum absolute atomic E-state index is 12.3. The van der Waals surface area contributed by atoms with Gasteiger partial charge in [-0.3, -0.25) is 4.79 Å². The van der Waals surface area contributed by atoms with Crippen molar-refractivity contribution >= 4 is 32.6 Å². The molecule has 0 aliphatic carbocycles. The molecule has 0 aliphatic rings. The van der Waals surface area contributed by atoms with Crippen molar-refractivity contribution in [2.75, 3.05) is 5.32 Å². The van der Waals surface area contributed by atoms with E-state index in [1.54, 1.807) is 18.2 Å². The molecule has 2 aromatic heterocycles. The number of carbonyl (C=O) groups is 1. The molecule has 0 atom stereocenters. The standard InChI is InChI=1S/C20H17N3O5S/c24-20(12-18-17-5-1-2-6-19(17)28-23-18)22-14-7-9-16(10-8-14)29(25,26)21-13-15-4-3-11-27-15/h1-11,21H,12-13H2,(H,22,24). The number of aromatic nitrogens is 1. The van der Waals surface area contributed by atoms with Gasteiger partial charge in [0.25, 0.3) is 0 Å². The number of sulfonamides is 1. The molecule has 0 fully saturated rings. The first-order chi connectivity index (χ1) is 14.0. The summed E-state index contributed by atoms with van der Waals surface area (Å²) in [5, 5.41) is 7.44. The van der Waals surface area contributed by atoms with Gasteiger partial charge in [0.2, 0.25) is 15.9 Å². The number of nitrogens with one attached hydrogen (secondary N) is 2. The van der Waals surface area contributed by atoms with Gasteiger partial charge in [0.1, 0.15) is 11.5 Å². The van der Waals surface area contributed by atoms with E-state index in [0.29, 0.717) is 22.7 Å². The van der Waals surface area contributed by atoms with Gasteiger partial charge in [-0.25, -0.2) is 13.1 Å². The number of furan rings is 1. The Morgan fingerprint density at radius 2 is 1.79 bits per heavy atom. The first kappa shape index (κ1) is 18.9. The van der Waals surface area contributed by atoms with Gasteiger partial charge in [-0.2, -0.15) is 0 Å². The summed E-state index contributed by atoms with van der Waals surface area (Å²) < 4.78 is 37.4. The highest BCUT2D eigenvalue weighted by molar-refractivity contribution is 7.89. The second kappa shape index (κ2) is 7.90. The molecular formula is C20H17N3O5S. The number of para-hydroxylation sites is 1. The molecule has 0 aliphatic heterocycles. The SMILES string of the molecule is O=C(Cc1noc2ccccc12)Nc1ccc(S(=O)(=O)NCc2ccco2)cc1. The largest absolute Gasteiger partial charge is 0.468 e. The minimum Gasteiger partial charge on any atom is -0.468 e. The summed E-state index contributed by atoms with van der Waals surface area (Å²) in [6.07, 6.45) is 1.52. The van der Waals surface area contributed by atoms with Gasteiger partial charge in [-0.1, -0.05) is 17.3 Å². The number of benzene rings is 2. The van der Waals surface area contributed by atoms with Crippen molar-refractivity contribution < 1.29 is 22.2 Å². The molecule has 2 heterocycles. The molecule has 8 nitrogen and oxygen atoms in total. The van der Waals surface area contributed by atoms with E-state index in [9.17, 15) is 13.2 Å². The topological polar surface area (TPSA) is 114 Å². The molecule has 9 heteroatoms. The van der Waals surface area contributed by atoms with Crippen molar-refractivity contribution in [2.45, 2.75) is 17.9 Å². The molecule has 0 bridgehead atoms. The van der Waals surface area contributed by atoms with E-state index in [0.717, 1.165) is 5.39 Å². The number of hydrogen-bond acceptors (Lipinski definition) is 6. The van der Waals surface area contributed by atoms with E-state index >= 15 is 0 Å². The zero-order valence-corrected chi connectivity index (χ0v) is 16.0. The molecule has 0 saturated carbocycles. The third kappa shape index (κ3) is 4.36. The fourth-order valence-electron chi connectivity index (χ4n) is 2.80. The summed E-state index contributed by atoms with van der Waals surface area (Å²) in [4.78, 5) is 12.4. The lowest BCUT2D eigenvalue weighted by atomic mass is 10.1. The van der Waals surface area contributed by atoms with E-state index in [1.165, 1.54) is 30.5 Å². The second-order valence-corrected chi connectivity index (χ2v) is 8.05. The zero-order valence-electron chi connectivity index (χ0n) is 15.2. The molecule has 4 rings (SSSR count). The number of carbonyl (C=O) groups excluding carboxylic acids is 1. The zero-order chi connectivity index (χ0) is 20.3. The highest BCUT2D eigenvalue weighted by atomic mass is 32.2. The fourth-order valence-corrected chi connectivity index (χ4v) is 3.80. The molecule has 2 N–H and O–H groups in total. The van der Waals surface area contributed by atoms with E-state index in [2.05, 4.69) is 15.2 Å². The lowest BCUT2D eigenvalue weighted by Crippen LogP contribution is -2.23. The van der Waals surface area contributed by atoms with Gasteiger partial charge in [0, 0.05) is 11.1 Å². The summed E-state index contributed by atoms with van der Waals surface area (Å²) in [5.74, 6) is 0.230. The van der Waals surface area contributed by atoms with Crippen LogP contribution in [0.5, 0.6) is 0 Å². The first-order valence-electron chi connectivity index (χ1n) is 8.76. The van der Waals surface area contributed by atoms with Crippen molar-refractivity contribution in [1.29, 1.82) is 0 Å². The average molecular weight is 411 g/mol. The molecular weight excluding hydrogens is 394 g/mol. The number of amides is 1. The minimum absolute atomic E-state index is 0.0434. The fraction of sp³-hybridized carbons (Fsp3) is 0.100. The Hall–Kier alpha value is -3.43. The predicted molar refractivity (Wildman–Crippen MR) is 106 cm³/mol. The Balaban J connectivity index is 1.39. The van der Waals surface area contributed by atoms with Crippen LogP contribution in [0.4, 0.5) is 5.69 Å². The second-order valence-electron chi connectivity index (χ2n) is 6.28. The van der Waals surface area contributed by atoms with Crippen molar-refractivity contribution in [2.24, 2.45) is 0 Å². The monoisotopic (exact) mass is 411 g/mol. The Bertz CT molecular complexity index is 1230. The van der Waals surface area contributed by atoms with Crippen LogP contribution in [-0.4, -0.2) is 19.5 Å². The first-order valence-corrected chi connectivity index (χ1v) is 10.2. The predicted octanol–water partition coefficient (Wildman–Crippen LogP) is 3.08. The van der Waals surface area contributed by atoms with Crippen molar-refractivity contribution in [1.82, 2.24) is 9.88 Å². The molecule has 2 aromatic carbocycles. The van der Waals surface area contributed by atoms with Gasteiger partial charge in [-0.15, -0.1) is 0 Å². The number of fused-ring (bicyclic) bond motifs is 1. The summed E-state index contributed by atoms with van der Waals surface area (Å²) in [5.41, 5.74) is 1.64. The van der Waals surface area contributed by atoms with E-state index in [1.807, 2.05) is 18.2 Å². The Kier molecular flexibility index (Phi) is 5.15. The number of anilines is 1.